The number of hydrogen-bond acceptors (Lipinski definition) is 7. The number of anilines is 2. The molecule has 0 aliphatic heterocycles. The average molecular weight is 294 g/mol. The predicted molar refractivity (Wildman–Crippen MR) is 75.9 cm³/mol. The molecule has 7 nitrogen and oxygen atoms in total. The Morgan fingerprint density at radius 1 is 0.952 bits per heavy atom. The number of hydrogen-bond donors (Lipinski definition) is 2. The molecule has 0 spiro atoms. The Kier molecular flexibility index (Phi) is 3.97. The third kappa shape index (κ3) is 2.60. The highest BCUT2D eigenvalue weighted by atomic mass is 19.1. The van der Waals surface area contributed by atoms with E-state index in [0.717, 1.165) is 0 Å². The third-order valence-electron chi connectivity index (χ3n) is 2.83. The number of benzene rings is 1. The topological polar surface area (TPSA) is 106 Å². The molecule has 2 aromatic rings. The van der Waals surface area contributed by atoms with Crippen LogP contribution in [0.3, 0.4) is 0 Å². The van der Waals surface area contributed by atoms with Crippen LogP contribution in [0.5, 0.6) is 17.2 Å². The minimum Gasteiger partial charge on any atom is -0.493 e. The molecule has 1 aromatic carbocycles. The average Bonchev–Trinajstić information content (AvgIpc) is 2.49. The van der Waals surface area contributed by atoms with Crippen LogP contribution in [0.4, 0.5) is 16.2 Å². The maximum atomic E-state index is 14.1. The van der Waals surface area contributed by atoms with Crippen molar-refractivity contribution in [3.63, 3.8) is 0 Å². The van der Waals surface area contributed by atoms with Crippen LogP contribution >= 0.6 is 0 Å². The summed E-state index contributed by atoms with van der Waals surface area (Å²) in [5.74, 6) is -0.106. The first-order valence-corrected chi connectivity index (χ1v) is 5.90. The van der Waals surface area contributed by atoms with Crippen molar-refractivity contribution in [3.05, 3.63) is 17.9 Å². The SMILES string of the molecule is COc1cc(-c2nc(N)nc(N)c2F)cc(OC)c1OC. The highest BCUT2D eigenvalue weighted by Gasteiger charge is 2.19. The zero-order valence-electron chi connectivity index (χ0n) is 11.8. The van der Waals surface area contributed by atoms with Crippen molar-refractivity contribution in [1.29, 1.82) is 0 Å². The summed E-state index contributed by atoms with van der Waals surface area (Å²) in [4.78, 5) is 7.43. The van der Waals surface area contributed by atoms with E-state index in [1.54, 1.807) is 12.1 Å². The molecule has 8 heteroatoms. The minimum atomic E-state index is -0.765. The molecule has 2 rings (SSSR count). The lowest BCUT2D eigenvalue weighted by Crippen LogP contribution is -2.05. The summed E-state index contributed by atoms with van der Waals surface area (Å²) >= 11 is 0. The van der Waals surface area contributed by atoms with Crippen LogP contribution in [0.25, 0.3) is 11.3 Å². The quantitative estimate of drug-likeness (QED) is 0.879. The number of nitrogen functional groups attached to an aromatic ring is 2. The van der Waals surface area contributed by atoms with Gasteiger partial charge in [0.25, 0.3) is 0 Å². The molecular weight excluding hydrogens is 279 g/mol. The summed E-state index contributed by atoms with van der Waals surface area (Å²) in [5.41, 5.74) is 11.3. The van der Waals surface area contributed by atoms with Crippen molar-refractivity contribution >= 4 is 11.8 Å². The largest absolute Gasteiger partial charge is 0.493 e. The maximum Gasteiger partial charge on any atom is 0.222 e. The van der Waals surface area contributed by atoms with Crippen LogP contribution in [-0.2, 0) is 0 Å². The van der Waals surface area contributed by atoms with Gasteiger partial charge in [-0.1, -0.05) is 0 Å². The molecule has 0 fully saturated rings. The molecule has 0 radical (unpaired) electrons. The second-order valence-electron chi connectivity index (χ2n) is 4.04. The van der Waals surface area contributed by atoms with Gasteiger partial charge >= 0.3 is 0 Å². The Morgan fingerprint density at radius 3 is 2.00 bits per heavy atom. The van der Waals surface area contributed by atoms with Crippen molar-refractivity contribution in [3.8, 4) is 28.5 Å². The molecule has 1 heterocycles. The fourth-order valence-electron chi connectivity index (χ4n) is 1.89. The Bertz CT molecular complexity index is 654. The van der Waals surface area contributed by atoms with Gasteiger partial charge in [0.1, 0.15) is 5.69 Å². The van der Waals surface area contributed by atoms with Gasteiger partial charge in [-0.25, -0.2) is 9.37 Å². The molecular formula is C13H15FN4O3. The Hall–Kier alpha value is -2.77. The van der Waals surface area contributed by atoms with E-state index >= 15 is 0 Å². The maximum absolute atomic E-state index is 14.1. The monoisotopic (exact) mass is 294 g/mol. The van der Waals surface area contributed by atoms with E-state index in [4.69, 9.17) is 25.7 Å². The molecule has 4 N–H and O–H groups in total. The van der Waals surface area contributed by atoms with Crippen LogP contribution < -0.4 is 25.7 Å². The first kappa shape index (κ1) is 14.6. The van der Waals surface area contributed by atoms with E-state index in [1.807, 2.05) is 0 Å². The highest BCUT2D eigenvalue weighted by Crippen LogP contribution is 2.41. The lowest BCUT2D eigenvalue weighted by atomic mass is 10.1. The smallest absolute Gasteiger partial charge is 0.222 e. The predicted octanol–water partition coefficient (Wildman–Crippen LogP) is 1.47. The molecule has 112 valence electrons. The first-order valence-electron chi connectivity index (χ1n) is 5.90. The molecule has 0 atom stereocenters. The van der Waals surface area contributed by atoms with Gasteiger partial charge in [0.15, 0.2) is 23.1 Å². The third-order valence-corrected chi connectivity index (χ3v) is 2.83. The lowest BCUT2D eigenvalue weighted by molar-refractivity contribution is 0.324. The zero-order chi connectivity index (χ0) is 15.6. The number of methoxy groups -OCH3 is 3. The molecule has 0 saturated carbocycles. The van der Waals surface area contributed by atoms with Gasteiger partial charge in [-0.3, -0.25) is 0 Å². The molecule has 21 heavy (non-hydrogen) atoms. The number of nitrogens with two attached hydrogens (primary N) is 2. The van der Waals surface area contributed by atoms with E-state index in [2.05, 4.69) is 9.97 Å². The summed E-state index contributed by atoms with van der Waals surface area (Å²) in [6, 6.07) is 3.09. The van der Waals surface area contributed by atoms with Crippen LogP contribution in [0, 0.1) is 5.82 Å². The van der Waals surface area contributed by atoms with Crippen molar-refractivity contribution in [2.24, 2.45) is 0 Å². The van der Waals surface area contributed by atoms with E-state index in [9.17, 15) is 4.39 Å². The Balaban J connectivity index is 2.70. The molecule has 0 bridgehead atoms. The van der Waals surface area contributed by atoms with Crippen LogP contribution in [0.1, 0.15) is 0 Å². The Labute approximate surface area is 120 Å². The van der Waals surface area contributed by atoms with Crippen molar-refractivity contribution in [1.82, 2.24) is 9.97 Å². The minimum absolute atomic E-state index is 0.0424. The van der Waals surface area contributed by atoms with Gasteiger partial charge in [-0.2, -0.15) is 4.98 Å². The normalized spacial score (nSPS) is 10.3. The van der Waals surface area contributed by atoms with Gasteiger partial charge in [0, 0.05) is 5.56 Å². The summed E-state index contributed by atoms with van der Waals surface area (Å²) in [6.45, 7) is 0. The molecule has 0 amide bonds. The lowest BCUT2D eigenvalue weighted by Gasteiger charge is -2.14. The van der Waals surface area contributed by atoms with Gasteiger partial charge in [0.2, 0.25) is 11.7 Å². The number of rotatable bonds is 4. The molecule has 0 unspecified atom stereocenters. The molecule has 0 aliphatic carbocycles. The van der Waals surface area contributed by atoms with Crippen LogP contribution in [0.2, 0.25) is 0 Å². The molecule has 1 aromatic heterocycles. The Morgan fingerprint density at radius 2 is 1.52 bits per heavy atom. The van der Waals surface area contributed by atoms with E-state index in [-0.39, 0.29) is 17.5 Å². The van der Waals surface area contributed by atoms with Gasteiger partial charge in [-0.15, -0.1) is 0 Å². The van der Waals surface area contributed by atoms with E-state index in [1.165, 1.54) is 21.3 Å². The fourth-order valence-corrected chi connectivity index (χ4v) is 1.89. The number of aromatic nitrogens is 2. The number of nitrogens with zero attached hydrogens (tertiary/aromatic N) is 2. The summed E-state index contributed by atoms with van der Waals surface area (Å²) in [6.07, 6.45) is 0. The second-order valence-corrected chi connectivity index (χ2v) is 4.04. The van der Waals surface area contributed by atoms with Crippen LogP contribution in [0.15, 0.2) is 12.1 Å². The van der Waals surface area contributed by atoms with Crippen LogP contribution in [-0.4, -0.2) is 31.3 Å². The molecule has 0 aliphatic rings. The van der Waals surface area contributed by atoms with Gasteiger partial charge in [-0.05, 0) is 12.1 Å². The standard InChI is InChI=1S/C13H15FN4O3/c1-19-7-4-6(5-8(20-2)11(7)21-3)10-9(14)12(15)18-13(16)17-10/h4-5H,1-3H3,(H4,15,16,17,18). The second kappa shape index (κ2) is 5.70. The van der Waals surface area contributed by atoms with Gasteiger partial charge in [0.05, 0.1) is 21.3 Å². The summed E-state index contributed by atoms with van der Waals surface area (Å²) in [5, 5.41) is 0. The van der Waals surface area contributed by atoms with E-state index in [0.29, 0.717) is 22.8 Å². The molecule has 0 saturated heterocycles. The highest BCUT2D eigenvalue weighted by molar-refractivity contribution is 5.71. The summed E-state index contributed by atoms with van der Waals surface area (Å²) in [7, 11) is 4.39. The summed E-state index contributed by atoms with van der Waals surface area (Å²) < 4.78 is 29.7. The van der Waals surface area contributed by atoms with E-state index < -0.39 is 5.82 Å². The van der Waals surface area contributed by atoms with Gasteiger partial charge < -0.3 is 25.7 Å². The van der Waals surface area contributed by atoms with Crippen molar-refractivity contribution in [2.45, 2.75) is 0 Å². The number of ether oxygens (including phenoxy) is 3. The fraction of sp³-hybridized carbons (Fsp3) is 0.231. The first-order chi connectivity index (χ1) is 10.0. The zero-order valence-corrected chi connectivity index (χ0v) is 11.8. The van der Waals surface area contributed by atoms with Crippen molar-refractivity contribution < 1.29 is 18.6 Å². The number of halogens is 1. The van der Waals surface area contributed by atoms with Crippen molar-refractivity contribution in [2.75, 3.05) is 32.8 Å².